The van der Waals surface area contributed by atoms with Crippen LogP contribution in [-0.2, 0) is 14.3 Å². The molecule has 1 atom stereocenters. The quantitative estimate of drug-likeness (QED) is 0.529. The van der Waals surface area contributed by atoms with Gasteiger partial charge in [-0.1, -0.05) is 11.6 Å². The molecule has 0 saturated carbocycles. The van der Waals surface area contributed by atoms with Crippen LogP contribution < -0.4 is 0 Å². The van der Waals surface area contributed by atoms with Crippen LogP contribution in [0.25, 0.3) is 0 Å². The molecular weight excluding hydrogens is 360 g/mol. The normalized spacial score (nSPS) is 14.5. The molecule has 0 spiro atoms. The largest absolute Gasteiger partial charge is 0.452 e. The molecule has 1 unspecified atom stereocenters. The first-order chi connectivity index (χ1) is 13.0. The molecule has 1 aromatic rings. The molecule has 0 aromatic heterocycles. The Bertz CT molecular complexity index is 792. The van der Waals surface area contributed by atoms with E-state index in [1.54, 1.807) is 23.1 Å². The van der Waals surface area contributed by atoms with Crippen molar-refractivity contribution in [3.8, 4) is 0 Å². The van der Waals surface area contributed by atoms with E-state index >= 15 is 0 Å². The fourth-order valence-electron chi connectivity index (χ4n) is 3.43. The van der Waals surface area contributed by atoms with Gasteiger partial charge in [0.05, 0.1) is 17.5 Å². The molecule has 0 radical (unpaired) electrons. The van der Waals surface area contributed by atoms with E-state index in [-0.39, 0.29) is 31.0 Å². The predicted molar refractivity (Wildman–Crippen MR) is 104 cm³/mol. The molecule has 0 bridgehead atoms. The van der Waals surface area contributed by atoms with Crippen molar-refractivity contribution in [3.63, 3.8) is 0 Å². The maximum Gasteiger partial charge on any atom is 0.308 e. The zero-order valence-electron chi connectivity index (χ0n) is 17.3. The van der Waals surface area contributed by atoms with Gasteiger partial charge in [-0.15, -0.1) is 0 Å². The summed E-state index contributed by atoms with van der Waals surface area (Å²) in [5.41, 5.74) is 1.58. The second kappa shape index (κ2) is 8.54. The smallest absolute Gasteiger partial charge is 0.308 e. The number of fused-ring (bicyclic) bond motifs is 1. The highest BCUT2D eigenvalue weighted by Gasteiger charge is 2.36. The molecule has 0 aliphatic carbocycles. The van der Waals surface area contributed by atoms with Crippen molar-refractivity contribution in [2.24, 2.45) is 0 Å². The number of imide groups is 1. The third-order valence-corrected chi connectivity index (χ3v) is 4.69. The number of rotatable bonds is 7. The first-order valence-corrected chi connectivity index (χ1v) is 9.53. The van der Waals surface area contributed by atoms with Gasteiger partial charge in [-0.2, -0.15) is 0 Å². The maximum atomic E-state index is 12.5. The average Bonchev–Trinajstić information content (AvgIpc) is 2.82. The van der Waals surface area contributed by atoms with Crippen LogP contribution in [0.4, 0.5) is 0 Å². The minimum atomic E-state index is -0.929. The molecule has 0 fully saturated rings. The molecule has 0 N–H and O–H groups in total. The van der Waals surface area contributed by atoms with E-state index in [2.05, 4.69) is 0 Å². The van der Waals surface area contributed by atoms with E-state index < -0.39 is 23.9 Å². The second-order valence-electron chi connectivity index (χ2n) is 7.63. The van der Waals surface area contributed by atoms with Crippen molar-refractivity contribution in [3.05, 3.63) is 34.9 Å². The lowest BCUT2D eigenvalue weighted by atomic mass is 10.1. The summed E-state index contributed by atoms with van der Waals surface area (Å²) >= 11 is 0. The molecule has 1 aromatic carbocycles. The molecule has 1 aliphatic heterocycles. The van der Waals surface area contributed by atoms with Gasteiger partial charge in [-0.3, -0.25) is 24.1 Å². The lowest BCUT2D eigenvalue weighted by Crippen LogP contribution is -2.47. The number of esters is 1. The topological polar surface area (TPSA) is 84.0 Å². The van der Waals surface area contributed by atoms with Gasteiger partial charge in [-0.25, -0.2) is 0 Å². The third-order valence-electron chi connectivity index (χ3n) is 4.69. The van der Waals surface area contributed by atoms with Crippen molar-refractivity contribution in [2.45, 2.75) is 66.2 Å². The van der Waals surface area contributed by atoms with Gasteiger partial charge in [0.25, 0.3) is 17.7 Å². The zero-order valence-corrected chi connectivity index (χ0v) is 17.3. The molecule has 2 rings (SSSR count). The Morgan fingerprint density at radius 1 is 1.00 bits per heavy atom. The number of benzene rings is 1. The van der Waals surface area contributed by atoms with Crippen molar-refractivity contribution < 1.29 is 23.9 Å². The average molecular weight is 388 g/mol. The number of carbonyl (C=O) groups excluding carboxylic acids is 4. The lowest BCUT2D eigenvalue weighted by Gasteiger charge is -2.32. The monoisotopic (exact) mass is 388 g/mol. The van der Waals surface area contributed by atoms with Gasteiger partial charge < -0.3 is 9.64 Å². The van der Waals surface area contributed by atoms with E-state index in [0.717, 1.165) is 10.5 Å². The number of aryl methyl sites for hydroxylation is 1. The number of carbonyl (C=O) groups is 4. The molecular formula is C21H28N2O5. The Kier molecular flexibility index (Phi) is 6.59. The fraction of sp³-hybridized carbons (Fsp3) is 0.524. The summed E-state index contributed by atoms with van der Waals surface area (Å²) in [5, 5.41) is 0. The summed E-state index contributed by atoms with van der Waals surface area (Å²) in [6, 6.07) is 5.02. The highest BCUT2D eigenvalue weighted by molar-refractivity contribution is 6.21. The number of hydrogen-bond donors (Lipinski definition) is 0. The van der Waals surface area contributed by atoms with E-state index in [9.17, 15) is 19.2 Å². The van der Waals surface area contributed by atoms with E-state index in [1.807, 2.05) is 34.6 Å². The summed E-state index contributed by atoms with van der Waals surface area (Å²) < 4.78 is 5.24. The zero-order chi connectivity index (χ0) is 21.2. The van der Waals surface area contributed by atoms with Crippen LogP contribution >= 0.6 is 0 Å². The Morgan fingerprint density at radius 2 is 1.57 bits per heavy atom. The number of ether oxygens (including phenoxy) is 1. The lowest BCUT2D eigenvalue weighted by molar-refractivity contribution is -0.161. The van der Waals surface area contributed by atoms with Crippen LogP contribution in [0.1, 0.15) is 67.3 Å². The Balaban J connectivity index is 1.95. The van der Waals surface area contributed by atoms with Gasteiger partial charge >= 0.3 is 5.97 Å². The molecule has 0 saturated heterocycles. The summed E-state index contributed by atoms with van der Waals surface area (Å²) in [7, 11) is 0. The van der Waals surface area contributed by atoms with Gasteiger partial charge in [-0.05, 0) is 53.7 Å². The SMILES string of the molecule is Cc1ccc2c(c1)C(=O)N(CCC(=O)OC(C)C(=O)N(C(C)C)C(C)C)C2=O. The molecule has 7 nitrogen and oxygen atoms in total. The van der Waals surface area contributed by atoms with E-state index in [0.29, 0.717) is 11.1 Å². The minimum Gasteiger partial charge on any atom is -0.452 e. The molecule has 152 valence electrons. The van der Waals surface area contributed by atoms with Gasteiger partial charge in [0.1, 0.15) is 0 Å². The van der Waals surface area contributed by atoms with Crippen molar-refractivity contribution in [1.82, 2.24) is 9.80 Å². The third kappa shape index (κ3) is 4.40. The molecule has 1 aliphatic rings. The summed E-state index contributed by atoms with van der Waals surface area (Å²) in [6.45, 7) is 10.9. The highest BCUT2D eigenvalue weighted by atomic mass is 16.5. The van der Waals surface area contributed by atoms with Crippen molar-refractivity contribution in [1.29, 1.82) is 0 Å². The number of amides is 3. The number of nitrogens with zero attached hydrogens (tertiary/aromatic N) is 2. The van der Waals surface area contributed by atoms with Gasteiger partial charge in [0.2, 0.25) is 0 Å². The fourth-order valence-corrected chi connectivity index (χ4v) is 3.43. The molecule has 7 heteroatoms. The second-order valence-corrected chi connectivity index (χ2v) is 7.63. The minimum absolute atomic E-state index is 0.0181. The van der Waals surface area contributed by atoms with Crippen LogP contribution in [0.15, 0.2) is 18.2 Å². The molecule has 3 amide bonds. The maximum absolute atomic E-state index is 12.5. The van der Waals surface area contributed by atoms with Crippen LogP contribution in [0.2, 0.25) is 0 Å². The number of hydrogen-bond acceptors (Lipinski definition) is 5. The Morgan fingerprint density at radius 3 is 2.14 bits per heavy atom. The Hall–Kier alpha value is -2.70. The van der Waals surface area contributed by atoms with Crippen LogP contribution in [0.5, 0.6) is 0 Å². The first-order valence-electron chi connectivity index (χ1n) is 9.53. The van der Waals surface area contributed by atoms with Gasteiger partial charge in [0.15, 0.2) is 6.10 Å². The van der Waals surface area contributed by atoms with Crippen molar-refractivity contribution >= 4 is 23.7 Å². The predicted octanol–water partition coefficient (Wildman–Crippen LogP) is 2.56. The standard InChI is InChI=1S/C21H28N2O5/c1-12(2)23(13(3)4)19(25)15(6)28-18(24)9-10-22-20(26)16-8-7-14(5)11-17(16)21(22)27/h7-8,11-13,15H,9-10H2,1-6H3. The van der Waals surface area contributed by atoms with Crippen molar-refractivity contribution in [2.75, 3.05) is 6.54 Å². The summed E-state index contributed by atoms with van der Waals surface area (Å²) in [4.78, 5) is 52.2. The van der Waals surface area contributed by atoms with Crippen LogP contribution in [-0.4, -0.2) is 58.2 Å². The van der Waals surface area contributed by atoms with Crippen LogP contribution in [0, 0.1) is 6.92 Å². The summed E-state index contributed by atoms with van der Waals surface area (Å²) in [5.74, 6) is -1.72. The Labute approximate surface area is 165 Å². The van der Waals surface area contributed by atoms with E-state index in [1.165, 1.54) is 6.92 Å². The van der Waals surface area contributed by atoms with Crippen LogP contribution in [0.3, 0.4) is 0 Å². The van der Waals surface area contributed by atoms with Gasteiger partial charge in [0, 0.05) is 18.6 Å². The summed E-state index contributed by atoms with van der Waals surface area (Å²) in [6.07, 6.45) is -1.09. The molecule has 28 heavy (non-hydrogen) atoms. The van der Waals surface area contributed by atoms with E-state index in [4.69, 9.17) is 4.74 Å². The first kappa shape index (κ1) is 21.6. The molecule has 1 heterocycles. The highest BCUT2D eigenvalue weighted by Crippen LogP contribution is 2.24.